The van der Waals surface area contributed by atoms with Crippen LogP contribution in [-0.4, -0.2) is 44.1 Å². The molecular formula is C18H19N3O8S. The Balaban J connectivity index is 1.98. The summed E-state index contributed by atoms with van der Waals surface area (Å²) in [6.07, 6.45) is -1.31. The lowest BCUT2D eigenvalue weighted by Gasteiger charge is -2.12. The minimum atomic E-state index is -1.27. The minimum absolute atomic E-state index is 0.0381. The van der Waals surface area contributed by atoms with Crippen molar-refractivity contribution in [1.82, 2.24) is 4.57 Å². The van der Waals surface area contributed by atoms with Crippen LogP contribution < -0.4 is 0 Å². The van der Waals surface area contributed by atoms with Crippen LogP contribution in [0.2, 0.25) is 0 Å². The highest BCUT2D eigenvalue weighted by molar-refractivity contribution is 8.13. The van der Waals surface area contributed by atoms with Gasteiger partial charge < -0.3 is 14.2 Å². The second kappa shape index (κ2) is 10.4. The maximum atomic E-state index is 12.7. The topological polar surface area (TPSA) is 144 Å². The van der Waals surface area contributed by atoms with Gasteiger partial charge in [-0.1, -0.05) is 41.6 Å². The summed E-state index contributed by atoms with van der Waals surface area (Å²) in [4.78, 5) is 54.0. The highest BCUT2D eigenvalue weighted by Crippen LogP contribution is 2.17. The number of carbonyl (C=O) groups is 2. The number of hydrogen-bond acceptors (Lipinski definition) is 9. The molecule has 0 saturated carbocycles. The third kappa shape index (κ3) is 6.58. The number of aryl methyl sites for hydroxylation is 1. The van der Waals surface area contributed by atoms with E-state index >= 15 is 0 Å². The normalized spacial score (nSPS) is 11.5. The standard InChI is InChI=1S/C18H19N3O8S/c1-12-3-5-13(6-4-12)18(23)16-8-7-14(19(16)2)9-17(22)30-11-15(29-21(26)27)10-28-20(24)25/h3-8,15H,9-11H2,1-2H3. The van der Waals surface area contributed by atoms with E-state index in [1.807, 2.05) is 19.1 Å². The van der Waals surface area contributed by atoms with Crippen LogP contribution >= 0.6 is 11.8 Å². The van der Waals surface area contributed by atoms with Crippen LogP contribution in [0.5, 0.6) is 0 Å². The molecule has 1 aromatic carbocycles. The summed E-state index contributed by atoms with van der Waals surface area (Å²) in [5.74, 6) is -0.382. The van der Waals surface area contributed by atoms with E-state index < -0.39 is 22.9 Å². The van der Waals surface area contributed by atoms with E-state index in [1.54, 1.807) is 35.9 Å². The molecule has 0 N–H and O–H groups in total. The van der Waals surface area contributed by atoms with Gasteiger partial charge in [0.2, 0.25) is 5.78 Å². The fourth-order valence-corrected chi connectivity index (χ4v) is 3.35. The third-order valence-electron chi connectivity index (χ3n) is 4.13. The summed E-state index contributed by atoms with van der Waals surface area (Å²) in [5.41, 5.74) is 2.56. The highest BCUT2D eigenvalue weighted by atomic mass is 32.2. The van der Waals surface area contributed by atoms with Crippen molar-refractivity contribution in [3.63, 3.8) is 0 Å². The predicted molar refractivity (Wildman–Crippen MR) is 106 cm³/mol. The van der Waals surface area contributed by atoms with Crippen LogP contribution in [0.15, 0.2) is 36.4 Å². The zero-order chi connectivity index (χ0) is 22.3. The van der Waals surface area contributed by atoms with Gasteiger partial charge in [0, 0.05) is 24.1 Å². The van der Waals surface area contributed by atoms with Crippen molar-refractivity contribution >= 4 is 22.7 Å². The first kappa shape index (κ1) is 22.9. The number of rotatable bonds is 11. The van der Waals surface area contributed by atoms with E-state index in [1.165, 1.54) is 0 Å². The second-order valence-corrected chi connectivity index (χ2v) is 7.37. The second-order valence-electron chi connectivity index (χ2n) is 6.29. The molecule has 0 saturated heterocycles. The molecule has 1 atom stereocenters. The van der Waals surface area contributed by atoms with Gasteiger partial charge in [-0.25, -0.2) is 0 Å². The lowest BCUT2D eigenvalue weighted by Crippen LogP contribution is -2.27. The van der Waals surface area contributed by atoms with Crippen molar-refractivity contribution in [2.75, 3.05) is 12.4 Å². The van der Waals surface area contributed by atoms with Gasteiger partial charge in [0.05, 0.1) is 12.1 Å². The average molecular weight is 437 g/mol. The zero-order valence-corrected chi connectivity index (χ0v) is 17.0. The monoisotopic (exact) mass is 437 g/mol. The molecule has 11 nitrogen and oxygen atoms in total. The molecule has 0 amide bonds. The van der Waals surface area contributed by atoms with Crippen LogP contribution in [0, 0.1) is 27.2 Å². The molecule has 0 aliphatic carbocycles. The molecule has 2 aromatic rings. The van der Waals surface area contributed by atoms with Crippen LogP contribution in [0.3, 0.4) is 0 Å². The number of carbonyl (C=O) groups excluding carboxylic acids is 2. The van der Waals surface area contributed by atoms with E-state index in [9.17, 15) is 29.8 Å². The molecule has 0 fully saturated rings. The molecule has 30 heavy (non-hydrogen) atoms. The first-order valence-corrected chi connectivity index (χ1v) is 9.66. The first-order chi connectivity index (χ1) is 14.2. The molecule has 0 bridgehead atoms. The molecule has 0 spiro atoms. The molecule has 160 valence electrons. The molecule has 0 radical (unpaired) electrons. The van der Waals surface area contributed by atoms with Gasteiger partial charge in [-0.15, -0.1) is 20.2 Å². The lowest BCUT2D eigenvalue weighted by molar-refractivity contribution is -0.788. The summed E-state index contributed by atoms with van der Waals surface area (Å²) >= 11 is 0.728. The Labute approximate surface area is 175 Å². The van der Waals surface area contributed by atoms with Crippen molar-refractivity contribution in [1.29, 1.82) is 0 Å². The van der Waals surface area contributed by atoms with Crippen molar-refractivity contribution in [3.8, 4) is 0 Å². The summed E-state index contributed by atoms with van der Waals surface area (Å²) in [5, 5.41) is 18.2. The van der Waals surface area contributed by atoms with Gasteiger partial charge >= 0.3 is 0 Å². The Kier molecular flexibility index (Phi) is 7.92. The molecular weight excluding hydrogens is 418 g/mol. The number of ketones is 1. The van der Waals surface area contributed by atoms with Gasteiger partial charge in [-0.3, -0.25) is 9.59 Å². The molecule has 0 aliphatic heterocycles. The molecule has 1 unspecified atom stereocenters. The van der Waals surface area contributed by atoms with Gasteiger partial charge in [0.15, 0.2) is 5.12 Å². The smallest absolute Gasteiger partial charge is 0.294 e. The van der Waals surface area contributed by atoms with E-state index in [4.69, 9.17) is 0 Å². The Morgan fingerprint density at radius 1 is 1.10 bits per heavy atom. The fourth-order valence-electron chi connectivity index (χ4n) is 2.57. The zero-order valence-electron chi connectivity index (χ0n) is 16.2. The van der Waals surface area contributed by atoms with Gasteiger partial charge in [0.1, 0.15) is 12.7 Å². The molecule has 2 rings (SSSR count). The number of aromatic nitrogens is 1. The maximum absolute atomic E-state index is 12.7. The Hall–Kier alpha value is -3.41. The van der Waals surface area contributed by atoms with Crippen LogP contribution in [0.1, 0.15) is 27.3 Å². The number of benzene rings is 1. The van der Waals surface area contributed by atoms with E-state index in [-0.39, 0.29) is 23.1 Å². The van der Waals surface area contributed by atoms with Crippen molar-refractivity contribution in [2.24, 2.45) is 7.05 Å². The van der Waals surface area contributed by atoms with Crippen molar-refractivity contribution < 1.29 is 29.4 Å². The van der Waals surface area contributed by atoms with Gasteiger partial charge in [0.25, 0.3) is 10.2 Å². The molecule has 1 heterocycles. The van der Waals surface area contributed by atoms with E-state index in [0.29, 0.717) is 17.0 Å². The number of thioether (sulfide) groups is 1. The Morgan fingerprint density at radius 2 is 1.77 bits per heavy atom. The molecule has 0 aliphatic rings. The number of hydrogen-bond donors (Lipinski definition) is 0. The van der Waals surface area contributed by atoms with Crippen LogP contribution in [-0.2, 0) is 27.9 Å². The van der Waals surface area contributed by atoms with E-state index in [0.717, 1.165) is 17.3 Å². The molecule has 1 aromatic heterocycles. The minimum Gasteiger partial charge on any atom is -0.345 e. The van der Waals surface area contributed by atoms with Crippen molar-refractivity contribution in [3.05, 3.63) is 79.1 Å². The van der Waals surface area contributed by atoms with Crippen LogP contribution in [0.25, 0.3) is 0 Å². The summed E-state index contributed by atoms with van der Waals surface area (Å²) < 4.78 is 1.61. The highest BCUT2D eigenvalue weighted by Gasteiger charge is 2.20. The van der Waals surface area contributed by atoms with Crippen molar-refractivity contribution in [2.45, 2.75) is 19.4 Å². The fraction of sp³-hybridized carbons (Fsp3) is 0.333. The van der Waals surface area contributed by atoms with Gasteiger partial charge in [-0.05, 0) is 19.1 Å². The molecule has 12 heteroatoms. The Bertz CT molecular complexity index is 941. The third-order valence-corrected chi connectivity index (χ3v) is 5.13. The summed E-state index contributed by atoms with van der Waals surface area (Å²) in [7, 11) is 1.66. The Morgan fingerprint density at radius 3 is 2.37 bits per heavy atom. The summed E-state index contributed by atoms with van der Waals surface area (Å²) in [6, 6.07) is 10.4. The maximum Gasteiger partial charge on any atom is 0.294 e. The van der Waals surface area contributed by atoms with Gasteiger partial charge in [-0.2, -0.15) is 0 Å². The van der Waals surface area contributed by atoms with E-state index in [2.05, 4.69) is 9.68 Å². The number of nitrogens with zero attached hydrogens (tertiary/aromatic N) is 3. The van der Waals surface area contributed by atoms with Crippen LogP contribution in [0.4, 0.5) is 0 Å². The summed E-state index contributed by atoms with van der Waals surface area (Å²) in [6.45, 7) is 1.25. The SMILES string of the molecule is Cc1ccc(C(=O)c2ccc(CC(=O)SCC(CO[N+](=O)[O-])O[N+](=O)[O-])n2C)cc1. The average Bonchev–Trinajstić information content (AvgIpc) is 3.04. The first-order valence-electron chi connectivity index (χ1n) is 8.67. The predicted octanol–water partition coefficient (Wildman–Crippen LogP) is 2.15. The largest absolute Gasteiger partial charge is 0.345 e. The lowest BCUT2D eigenvalue weighted by atomic mass is 10.1. The quantitative estimate of drug-likeness (QED) is 0.293.